The third-order valence-corrected chi connectivity index (χ3v) is 3.57. The smallest absolute Gasteiger partial charge is 0.319 e. The maximum absolute atomic E-state index is 12.0. The molecular formula is C16H19N5O2. The first kappa shape index (κ1) is 15.1. The number of oxime groups is 1. The Morgan fingerprint density at radius 3 is 3.09 bits per heavy atom. The highest BCUT2D eigenvalue weighted by atomic mass is 16.6. The molecule has 3 rings (SSSR count). The summed E-state index contributed by atoms with van der Waals surface area (Å²) in [4.78, 5) is 17.2. The summed E-state index contributed by atoms with van der Waals surface area (Å²) < 4.78 is 1.74. The minimum absolute atomic E-state index is 0.0777. The fourth-order valence-corrected chi connectivity index (χ4v) is 2.33. The van der Waals surface area contributed by atoms with E-state index in [0.29, 0.717) is 12.2 Å². The van der Waals surface area contributed by atoms with Crippen molar-refractivity contribution >= 4 is 17.4 Å². The monoisotopic (exact) mass is 313 g/mol. The van der Waals surface area contributed by atoms with E-state index in [4.69, 9.17) is 4.84 Å². The zero-order valence-electron chi connectivity index (χ0n) is 12.9. The van der Waals surface area contributed by atoms with E-state index in [0.717, 1.165) is 24.2 Å². The molecule has 1 aromatic heterocycles. The SMILES string of the molecule is CCC1=NO[C@@H](CNC(=O)Nc2cccc(-n3cccn3)c2)C1. The van der Waals surface area contributed by atoms with Crippen LogP contribution in [0.15, 0.2) is 47.9 Å². The third-order valence-electron chi connectivity index (χ3n) is 3.57. The van der Waals surface area contributed by atoms with Crippen molar-refractivity contribution in [2.24, 2.45) is 5.16 Å². The van der Waals surface area contributed by atoms with Gasteiger partial charge in [-0.25, -0.2) is 9.48 Å². The Kier molecular flexibility index (Phi) is 4.56. The van der Waals surface area contributed by atoms with Gasteiger partial charge in [-0.2, -0.15) is 5.10 Å². The number of urea groups is 1. The third kappa shape index (κ3) is 3.88. The molecule has 0 aliphatic carbocycles. The van der Waals surface area contributed by atoms with Crippen LogP contribution in [0.4, 0.5) is 10.5 Å². The number of hydrogen-bond acceptors (Lipinski definition) is 4. The summed E-state index contributed by atoms with van der Waals surface area (Å²) in [6, 6.07) is 9.06. The average molecular weight is 313 g/mol. The number of benzene rings is 1. The highest BCUT2D eigenvalue weighted by Crippen LogP contribution is 2.14. The molecule has 23 heavy (non-hydrogen) atoms. The van der Waals surface area contributed by atoms with E-state index in [-0.39, 0.29) is 12.1 Å². The molecule has 2 amide bonds. The Bertz CT molecular complexity index is 696. The molecule has 0 fully saturated rings. The van der Waals surface area contributed by atoms with Gasteiger partial charge in [0.25, 0.3) is 0 Å². The van der Waals surface area contributed by atoms with Gasteiger partial charge < -0.3 is 15.5 Å². The van der Waals surface area contributed by atoms with Crippen molar-refractivity contribution in [1.29, 1.82) is 0 Å². The number of anilines is 1. The standard InChI is InChI=1S/C16H19N5O2/c1-2-12-10-15(23-20-12)11-17-16(22)19-13-5-3-6-14(9-13)21-8-4-7-18-21/h3-9,15H,2,10-11H2,1H3,(H2,17,19,22)/t15-/m1/s1. The molecule has 7 heteroatoms. The van der Waals surface area contributed by atoms with Gasteiger partial charge in [-0.05, 0) is 30.7 Å². The van der Waals surface area contributed by atoms with E-state index in [1.807, 2.05) is 43.5 Å². The van der Waals surface area contributed by atoms with E-state index in [1.165, 1.54) is 0 Å². The number of nitrogens with one attached hydrogen (secondary N) is 2. The topological polar surface area (TPSA) is 80.5 Å². The van der Waals surface area contributed by atoms with Crippen LogP contribution in [0, 0.1) is 0 Å². The van der Waals surface area contributed by atoms with Crippen molar-refractivity contribution < 1.29 is 9.63 Å². The first-order valence-electron chi connectivity index (χ1n) is 7.61. The molecule has 0 spiro atoms. The van der Waals surface area contributed by atoms with Crippen LogP contribution in [0.3, 0.4) is 0 Å². The summed E-state index contributed by atoms with van der Waals surface area (Å²) in [5.41, 5.74) is 2.62. The van der Waals surface area contributed by atoms with Gasteiger partial charge in [-0.1, -0.05) is 18.1 Å². The highest BCUT2D eigenvalue weighted by molar-refractivity contribution is 5.89. The van der Waals surface area contributed by atoms with Crippen LogP contribution in [0.1, 0.15) is 19.8 Å². The van der Waals surface area contributed by atoms with E-state index in [1.54, 1.807) is 10.9 Å². The van der Waals surface area contributed by atoms with Crippen LogP contribution in [-0.4, -0.2) is 34.2 Å². The number of hydrogen-bond donors (Lipinski definition) is 2. The van der Waals surface area contributed by atoms with Crippen LogP contribution in [0.2, 0.25) is 0 Å². The van der Waals surface area contributed by atoms with Gasteiger partial charge in [0, 0.05) is 24.5 Å². The fourth-order valence-electron chi connectivity index (χ4n) is 2.33. The molecular weight excluding hydrogens is 294 g/mol. The average Bonchev–Trinajstić information content (AvgIpc) is 3.25. The number of carbonyl (C=O) groups excluding carboxylic acids is 1. The van der Waals surface area contributed by atoms with Crippen molar-refractivity contribution in [2.45, 2.75) is 25.9 Å². The molecule has 0 saturated carbocycles. The van der Waals surface area contributed by atoms with Crippen molar-refractivity contribution in [3.63, 3.8) is 0 Å². The first-order valence-corrected chi connectivity index (χ1v) is 7.61. The van der Waals surface area contributed by atoms with Crippen LogP contribution < -0.4 is 10.6 Å². The Labute approximate surface area is 134 Å². The van der Waals surface area contributed by atoms with Gasteiger partial charge in [0.1, 0.15) is 6.10 Å². The summed E-state index contributed by atoms with van der Waals surface area (Å²) in [7, 11) is 0. The van der Waals surface area contributed by atoms with Gasteiger partial charge in [0.05, 0.1) is 17.9 Å². The van der Waals surface area contributed by atoms with Crippen molar-refractivity contribution in [3.05, 3.63) is 42.7 Å². The molecule has 2 aromatic rings. The Hall–Kier alpha value is -2.83. The van der Waals surface area contributed by atoms with Gasteiger partial charge in [0.15, 0.2) is 0 Å². The van der Waals surface area contributed by atoms with E-state index in [9.17, 15) is 4.79 Å². The van der Waals surface area contributed by atoms with E-state index >= 15 is 0 Å². The minimum atomic E-state index is -0.267. The molecule has 1 aliphatic heterocycles. The molecule has 2 N–H and O–H groups in total. The molecule has 1 aromatic carbocycles. The molecule has 120 valence electrons. The van der Waals surface area contributed by atoms with Crippen molar-refractivity contribution in [2.75, 3.05) is 11.9 Å². The Morgan fingerprint density at radius 1 is 1.43 bits per heavy atom. The molecule has 0 saturated heterocycles. The fraction of sp³-hybridized carbons (Fsp3) is 0.312. The summed E-state index contributed by atoms with van der Waals surface area (Å²) in [5, 5.41) is 13.8. The van der Waals surface area contributed by atoms with Gasteiger partial charge >= 0.3 is 6.03 Å². The summed E-state index contributed by atoms with van der Waals surface area (Å²) in [6.07, 6.45) is 5.13. The maximum atomic E-state index is 12.0. The Balaban J connectivity index is 1.51. The highest BCUT2D eigenvalue weighted by Gasteiger charge is 2.20. The number of carbonyl (C=O) groups is 1. The normalized spacial score (nSPS) is 16.6. The molecule has 0 radical (unpaired) electrons. The second kappa shape index (κ2) is 6.95. The maximum Gasteiger partial charge on any atom is 0.319 e. The molecule has 7 nitrogen and oxygen atoms in total. The largest absolute Gasteiger partial charge is 0.390 e. The number of rotatable bonds is 5. The second-order valence-corrected chi connectivity index (χ2v) is 5.28. The lowest BCUT2D eigenvalue weighted by Crippen LogP contribution is -2.35. The molecule has 0 bridgehead atoms. The number of aromatic nitrogens is 2. The summed E-state index contributed by atoms with van der Waals surface area (Å²) >= 11 is 0. The second-order valence-electron chi connectivity index (χ2n) is 5.28. The van der Waals surface area contributed by atoms with Crippen molar-refractivity contribution in [1.82, 2.24) is 15.1 Å². The number of nitrogens with zero attached hydrogens (tertiary/aromatic N) is 3. The minimum Gasteiger partial charge on any atom is -0.390 e. The van der Waals surface area contributed by atoms with Crippen LogP contribution >= 0.6 is 0 Å². The molecule has 1 aliphatic rings. The lowest BCUT2D eigenvalue weighted by Gasteiger charge is -2.11. The van der Waals surface area contributed by atoms with Crippen LogP contribution in [0.5, 0.6) is 0 Å². The predicted octanol–water partition coefficient (Wildman–Crippen LogP) is 2.55. The summed E-state index contributed by atoms with van der Waals surface area (Å²) in [6.45, 7) is 2.47. The van der Waals surface area contributed by atoms with Crippen LogP contribution in [-0.2, 0) is 4.84 Å². The quantitative estimate of drug-likeness (QED) is 0.890. The molecule has 2 heterocycles. The number of amides is 2. The predicted molar refractivity (Wildman–Crippen MR) is 87.8 cm³/mol. The zero-order chi connectivity index (χ0) is 16.1. The lowest BCUT2D eigenvalue weighted by molar-refractivity contribution is 0.0870. The van der Waals surface area contributed by atoms with Crippen molar-refractivity contribution in [3.8, 4) is 5.69 Å². The lowest BCUT2D eigenvalue weighted by atomic mass is 10.1. The van der Waals surface area contributed by atoms with Gasteiger partial charge in [-0.15, -0.1) is 0 Å². The first-order chi connectivity index (χ1) is 11.2. The summed E-state index contributed by atoms with van der Waals surface area (Å²) in [5.74, 6) is 0. The van der Waals surface area contributed by atoms with Gasteiger partial charge in [0.2, 0.25) is 0 Å². The molecule has 1 atom stereocenters. The zero-order valence-corrected chi connectivity index (χ0v) is 12.9. The van der Waals surface area contributed by atoms with E-state index < -0.39 is 0 Å². The van der Waals surface area contributed by atoms with Gasteiger partial charge in [-0.3, -0.25) is 0 Å². The Morgan fingerprint density at radius 2 is 2.35 bits per heavy atom. The van der Waals surface area contributed by atoms with E-state index in [2.05, 4.69) is 20.9 Å². The van der Waals surface area contributed by atoms with Crippen LogP contribution in [0.25, 0.3) is 5.69 Å². The molecule has 0 unspecified atom stereocenters.